The average molecular weight is 413 g/mol. The van der Waals surface area contributed by atoms with Crippen molar-refractivity contribution in [3.8, 4) is 0 Å². The van der Waals surface area contributed by atoms with Crippen molar-refractivity contribution in [1.29, 1.82) is 0 Å². The smallest absolute Gasteiger partial charge is 0.339 e. The molecule has 0 saturated carbocycles. The van der Waals surface area contributed by atoms with Gasteiger partial charge < -0.3 is 23.9 Å². The van der Waals surface area contributed by atoms with Crippen molar-refractivity contribution in [2.75, 3.05) is 19.0 Å². The van der Waals surface area contributed by atoms with Crippen molar-refractivity contribution in [2.24, 2.45) is 0 Å². The van der Waals surface area contributed by atoms with Gasteiger partial charge in [-0.1, -0.05) is 12.1 Å². The minimum atomic E-state index is -0.413. The van der Waals surface area contributed by atoms with E-state index >= 15 is 0 Å². The summed E-state index contributed by atoms with van der Waals surface area (Å²) in [5.74, 6) is 1.27. The normalized spacial score (nSPS) is 10.6. The Labute approximate surface area is 175 Å². The van der Waals surface area contributed by atoms with E-state index in [1.165, 1.54) is 7.11 Å². The summed E-state index contributed by atoms with van der Waals surface area (Å²) in [6.45, 7) is 3.99. The first kappa shape index (κ1) is 20.6. The highest BCUT2D eigenvalue weighted by Crippen LogP contribution is 2.18. The number of furan rings is 1. The van der Waals surface area contributed by atoms with Crippen LogP contribution in [-0.2, 0) is 17.8 Å². The standard InChI is InChI=1S/C21H24N4O3S/c1-16-8-9-17(28-16)14-25(12-5-11-24-13-10-22-15-24)21(29)23-19-7-4-3-6-18(19)20(26)27-2/h3-4,6-10,13,15H,5,11-12,14H2,1-2H3,(H,23,29). The maximum atomic E-state index is 12.0. The van der Waals surface area contributed by atoms with Gasteiger partial charge in [-0.15, -0.1) is 0 Å². The molecule has 152 valence electrons. The number of benzene rings is 1. The fourth-order valence-corrected chi connectivity index (χ4v) is 3.21. The Kier molecular flexibility index (Phi) is 7.02. The average Bonchev–Trinajstić information content (AvgIpc) is 3.38. The third kappa shape index (κ3) is 5.68. The lowest BCUT2D eigenvalue weighted by Crippen LogP contribution is -2.35. The van der Waals surface area contributed by atoms with Crippen molar-refractivity contribution < 1.29 is 13.9 Å². The lowest BCUT2D eigenvalue weighted by molar-refractivity contribution is 0.0602. The molecule has 0 radical (unpaired) electrons. The molecule has 1 aromatic carbocycles. The highest BCUT2D eigenvalue weighted by molar-refractivity contribution is 7.80. The van der Waals surface area contributed by atoms with Crippen LogP contribution in [0.25, 0.3) is 0 Å². The molecule has 0 aliphatic carbocycles. The summed E-state index contributed by atoms with van der Waals surface area (Å²) in [4.78, 5) is 18.1. The number of esters is 1. The number of aryl methyl sites for hydroxylation is 2. The number of ether oxygens (including phenoxy) is 1. The number of hydrogen-bond donors (Lipinski definition) is 1. The Morgan fingerprint density at radius 3 is 2.83 bits per heavy atom. The number of anilines is 1. The zero-order valence-corrected chi connectivity index (χ0v) is 17.3. The number of hydrogen-bond acceptors (Lipinski definition) is 5. The van der Waals surface area contributed by atoms with Crippen molar-refractivity contribution in [3.05, 3.63) is 72.2 Å². The first-order chi connectivity index (χ1) is 14.1. The van der Waals surface area contributed by atoms with Crippen molar-refractivity contribution in [3.63, 3.8) is 0 Å². The zero-order valence-electron chi connectivity index (χ0n) is 16.5. The molecule has 3 rings (SSSR count). The molecule has 0 aliphatic heterocycles. The summed E-state index contributed by atoms with van der Waals surface area (Å²) in [7, 11) is 1.36. The van der Waals surface area contributed by atoms with E-state index in [0.29, 0.717) is 29.5 Å². The van der Waals surface area contributed by atoms with Gasteiger partial charge in [0.1, 0.15) is 11.5 Å². The predicted octanol–water partition coefficient (Wildman–Crippen LogP) is 3.86. The number of nitrogens with zero attached hydrogens (tertiary/aromatic N) is 3. The third-order valence-electron chi connectivity index (χ3n) is 4.41. The van der Waals surface area contributed by atoms with E-state index in [2.05, 4.69) is 10.3 Å². The van der Waals surface area contributed by atoms with Crippen LogP contribution in [0.4, 0.5) is 5.69 Å². The van der Waals surface area contributed by atoms with Gasteiger partial charge in [-0.3, -0.25) is 0 Å². The summed E-state index contributed by atoms with van der Waals surface area (Å²) in [5.41, 5.74) is 1.05. The minimum absolute atomic E-state index is 0.413. The van der Waals surface area contributed by atoms with Crippen LogP contribution in [0, 0.1) is 6.92 Å². The highest BCUT2D eigenvalue weighted by Gasteiger charge is 2.16. The largest absolute Gasteiger partial charge is 0.465 e. The maximum absolute atomic E-state index is 12.0. The molecular formula is C21H24N4O3S. The van der Waals surface area contributed by atoms with Crippen LogP contribution in [0.3, 0.4) is 0 Å². The monoisotopic (exact) mass is 412 g/mol. The summed E-state index contributed by atoms with van der Waals surface area (Å²) in [6.07, 6.45) is 6.36. The molecule has 2 heterocycles. The second-order valence-corrected chi connectivity index (χ2v) is 6.94. The molecule has 0 aliphatic rings. The topological polar surface area (TPSA) is 72.5 Å². The van der Waals surface area contributed by atoms with Crippen molar-refractivity contribution in [1.82, 2.24) is 14.5 Å². The van der Waals surface area contributed by atoms with Crippen LogP contribution in [0.15, 0.2) is 59.5 Å². The van der Waals surface area contributed by atoms with E-state index in [9.17, 15) is 4.79 Å². The number of carbonyl (C=O) groups is 1. The van der Waals surface area contributed by atoms with Crippen LogP contribution in [0.1, 0.15) is 28.3 Å². The minimum Gasteiger partial charge on any atom is -0.465 e. The Hall–Kier alpha value is -3.13. The van der Waals surface area contributed by atoms with Crippen LogP contribution in [0.2, 0.25) is 0 Å². The second kappa shape index (κ2) is 9.88. The highest BCUT2D eigenvalue weighted by atomic mass is 32.1. The summed E-state index contributed by atoms with van der Waals surface area (Å²) in [6, 6.07) is 11.0. The number of carbonyl (C=O) groups excluding carboxylic acids is 1. The van der Waals surface area contributed by atoms with Gasteiger partial charge >= 0.3 is 5.97 Å². The molecule has 2 aromatic heterocycles. The van der Waals surface area contributed by atoms with E-state index in [0.717, 1.165) is 24.5 Å². The molecule has 0 atom stereocenters. The SMILES string of the molecule is COC(=O)c1ccccc1NC(=S)N(CCCn1ccnc1)Cc1ccc(C)o1. The Morgan fingerprint density at radius 1 is 1.31 bits per heavy atom. The molecule has 0 fully saturated rings. The van der Waals surface area contributed by atoms with Crippen LogP contribution in [0.5, 0.6) is 0 Å². The van der Waals surface area contributed by atoms with Gasteiger partial charge in [-0.25, -0.2) is 9.78 Å². The Morgan fingerprint density at radius 2 is 2.14 bits per heavy atom. The lowest BCUT2D eigenvalue weighted by Gasteiger charge is -2.25. The summed E-state index contributed by atoms with van der Waals surface area (Å²) >= 11 is 5.66. The fourth-order valence-electron chi connectivity index (χ4n) is 2.95. The molecule has 0 amide bonds. The molecule has 3 aromatic rings. The molecule has 0 saturated heterocycles. The van der Waals surface area contributed by atoms with Gasteiger partial charge in [0.15, 0.2) is 5.11 Å². The van der Waals surface area contributed by atoms with Crippen LogP contribution in [-0.4, -0.2) is 39.2 Å². The van der Waals surface area contributed by atoms with Gasteiger partial charge in [0.2, 0.25) is 0 Å². The summed E-state index contributed by atoms with van der Waals surface area (Å²) < 4.78 is 12.6. The number of rotatable bonds is 8. The van der Waals surface area contributed by atoms with E-state index in [1.807, 2.05) is 40.8 Å². The number of thiocarbonyl (C=S) groups is 1. The van der Waals surface area contributed by atoms with E-state index in [-0.39, 0.29) is 0 Å². The Balaban J connectivity index is 1.71. The van der Waals surface area contributed by atoms with Crippen molar-refractivity contribution >= 4 is 29.0 Å². The maximum Gasteiger partial charge on any atom is 0.339 e. The number of methoxy groups -OCH3 is 1. The molecule has 8 heteroatoms. The molecule has 0 spiro atoms. The van der Waals surface area contributed by atoms with E-state index in [4.69, 9.17) is 21.4 Å². The molecule has 0 unspecified atom stereocenters. The number of imidazole rings is 1. The first-order valence-electron chi connectivity index (χ1n) is 9.31. The number of nitrogens with one attached hydrogen (secondary N) is 1. The quantitative estimate of drug-likeness (QED) is 0.445. The number of aromatic nitrogens is 2. The van der Waals surface area contributed by atoms with Crippen LogP contribution < -0.4 is 5.32 Å². The molecule has 0 bridgehead atoms. The molecule has 7 nitrogen and oxygen atoms in total. The first-order valence-corrected chi connectivity index (χ1v) is 9.72. The van der Waals surface area contributed by atoms with Gasteiger partial charge in [-0.2, -0.15) is 0 Å². The number of para-hydroxylation sites is 1. The lowest BCUT2D eigenvalue weighted by atomic mass is 10.2. The molecule has 1 N–H and O–H groups in total. The van der Waals surface area contributed by atoms with E-state index < -0.39 is 5.97 Å². The summed E-state index contributed by atoms with van der Waals surface area (Å²) in [5, 5.41) is 3.71. The predicted molar refractivity (Wildman–Crippen MR) is 115 cm³/mol. The third-order valence-corrected chi connectivity index (χ3v) is 4.77. The van der Waals surface area contributed by atoms with Gasteiger partial charge in [0.25, 0.3) is 0 Å². The van der Waals surface area contributed by atoms with E-state index in [1.54, 1.807) is 30.7 Å². The Bertz CT molecular complexity index is 953. The van der Waals surface area contributed by atoms with Crippen LogP contribution >= 0.6 is 12.2 Å². The fraction of sp³-hybridized carbons (Fsp3) is 0.286. The molecular weight excluding hydrogens is 388 g/mol. The van der Waals surface area contributed by atoms with Gasteiger partial charge in [0.05, 0.1) is 31.2 Å². The second-order valence-electron chi connectivity index (χ2n) is 6.56. The van der Waals surface area contributed by atoms with Crippen molar-refractivity contribution in [2.45, 2.75) is 26.4 Å². The van der Waals surface area contributed by atoms with Gasteiger partial charge in [0, 0.05) is 25.5 Å². The van der Waals surface area contributed by atoms with Gasteiger partial charge in [-0.05, 0) is 49.8 Å². The zero-order chi connectivity index (χ0) is 20.6. The molecule has 29 heavy (non-hydrogen) atoms.